The van der Waals surface area contributed by atoms with Gasteiger partial charge in [0.05, 0.1) is 6.04 Å². The van der Waals surface area contributed by atoms with Gasteiger partial charge in [-0.1, -0.05) is 0 Å². The van der Waals surface area contributed by atoms with Crippen molar-refractivity contribution in [1.29, 1.82) is 0 Å². The molecule has 2 bridgehead atoms. The summed E-state index contributed by atoms with van der Waals surface area (Å²) >= 11 is 0. The largest absolute Gasteiger partial charge is 0.460 e. The number of unbranched alkanes of at least 4 members (excludes halogenated alkanes) is 1. The summed E-state index contributed by atoms with van der Waals surface area (Å²) in [6.07, 6.45) is 5.77. The number of aromatic nitrogens is 2. The van der Waals surface area contributed by atoms with Crippen molar-refractivity contribution in [2.75, 3.05) is 13.6 Å². The van der Waals surface area contributed by atoms with E-state index >= 15 is 0 Å². The van der Waals surface area contributed by atoms with E-state index in [1.54, 1.807) is 0 Å². The van der Waals surface area contributed by atoms with Crippen molar-refractivity contribution < 1.29 is 18.7 Å². The second kappa shape index (κ2) is 6.74. The molecule has 3 aliphatic rings. The third kappa shape index (κ3) is 3.61. The van der Waals surface area contributed by atoms with E-state index in [2.05, 4.69) is 10.2 Å². The number of aryl methyl sites for hydroxylation is 1. The molecule has 1 aromatic rings. The summed E-state index contributed by atoms with van der Waals surface area (Å²) in [5, 5.41) is 8.43. The number of piperidine rings is 1. The average Bonchev–Trinajstić information content (AvgIpc) is 3.12. The number of fused-ring (bicyclic) bond motifs is 3. The van der Waals surface area contributed by atoms with Gasteiger partial charge in [-0.2, -0.15) is 0 Å². The van der Waals surface area contributed by atoms with Crippen LogP contribution in [0, 0.1) is 5.41 Å². The van der Waals surface area contributed by atoms with Crippen molar-refractivity contribution in [1.82, 2.24) is 20.0 Å². The van der Waals surface area contributed by atoms with Crippen LogP contribution in [-0.4, -0.2) is 57.2 Å². The maximum Gasteiger partial charge on any atom is 0.320 e. The summed E-state index contributed by atoms with van der Waals surface area (Å²) in [7, 11) is 1.90. The fourth-order valence-electron chi connectivity index (χ4n) is 4.58. The lowest BCUT2D eigenvalue weighted by Crippen LogP contribution is -2.41. The van der Waals surface area contributed by atoms with Crippen LogP contribution in [0.1, 0.15) is 77.1 Å². The molecule has 1 saturated carbocycles. The van der Waals surface area contributed by atoms with Gasteiger partial charge in [0.25, 0.3) is 0 Å². The van der Waals surface area contributed by atoms with Crippen LogP contribution in [0.5, 0.6) is 0 Å². The van der Waals surface area contributed by atoms with Crippen LogP contribution in [0.15, 0.2) is 4.42 Å². The number of rotatable bonds is 6. The standard InChI is InChI=1S/C20H30N4O4/c1-19(2,3)28-16(25)8-6-5-7-15-21-22-17(27-15)13-11-20(9-10-20)14-12-24(13)18(26)23(14)4/h13-14H,5-12H2,1-4H3/t13-,14-/m0/s1. The Morgan fingerprint density at radius 1 is 1.29 bits per heavy atom. The number of carbonyl (C=O) groups excluding carboxylic acids is 2. The molecule has 0 unspecified atom stereocenters. The average molecular weight is 390 g/mol. The van der Waals surface area contributed by atoms with Gasteiger partial charge in [-0.05, 0) is 58.3 Å². The van der Waals surface area contributed by atoms with E-state index in [0.717, 1.165) is 25.8 Å². The Hall–Kier alpha value is -2.12. The smallest absolute Gasteiger partial charge is 0.320 e. The molecule has 1 spiro atoms. The van der Waals surface area contributed by atoms with E-state index in [1.165, 1.54) is 12.8 Å². The summed E-state index contributed by atoms with van der Waals surface area (Å²) in [4.78, 5) is 28.1. The van der Waals surface area contributed by atoms with E-state index in [0.29, 0.717) is 30.7 Å². The van der Waals surface area contributed by atoms with Gasteiger partial charge < -0.3 is 19.0 Å². The summed E-state index contributed by atoms with van der Waals surface area (Å²) in [6, 6.07) is 0.279. The van der Waals surface area contributed by atoms with Gasteiger partial charge in [0.1, 0.15) is 11.6 Å². The lowest BCUT2D eigenvalue weighted by Gasteiger charge is -2.35. The number of amides is 2. The van der Waals surface area contributed by atoms with Crippen molar-refractivity contribution in [3.05, 3.63) is 11.8 Å². The van der Waals surface area contributed by atoms with Crippen molar-refractivity contribution in [2.45, 2.75) is 83.4 Å². The summed E-state index contributed by atoms with van der Waals surface area (Å²) in [5.41, 5.74) is -0.207. The zero-order valence-corrected chi connectivity index (χ0v) is 17.2. The Morgan fingerprint density at radius 3 is 2.71 bits per heavy atom. The van der Waals surface area contributed by atoms with E-state index < -0.39 is 5.60 Å². The Kier molecular flexibility index (Phi) is 4.62. The molecule has 0 N–H and O–H groups in total. The second-order valence-corrected chi connectivity index (χ2v) is 9.47. The molecule has 2 atom stereocenters. The second-order valence-electron chi connectivity index (χ2n) is 9.47. The Balaban J connectivity index is 1.31. The highest BCUT2D eigenvalue weighted by Crippen LogP contribution is 2.61. The minimum absolute atomic E-state index is 0.0656. The SMILES string of the molecule is CN1C(=O)N2C[C@H]1C1(CC1)C[C@H]2c1nnc(CCCCC(=O)OC(C)(C)C)o1. The minimum atomic E-state index is -0.447. The van der Waals surface area contributed by atoms with Crippen LogP contribution in [0.2, 0.25) is 0 Å². The van der Waals surface area contributed by atoms with Crippen molar-refractivity contribution in [3.8, 4) is 0 Å². The third-order valence-corrected chi connectivity index (χ3v) is 6.17. The third-order valence-electron chi connectivity index (χ3n) is 6.17. The van der Waals surface area contributed by atoms with Gasteiger partial charge in [0.2, 0.25) is 11.8 Å². The Bertz CT molecular complexity index is 765. The highest BCUT2D eigenvalue weighted by Gasteiger charge is 2.62. The predicted octanol–water partition coefficient (Wildman–Crippen LogP) is 3.09. The van der Waals surface area contributed by atoms with E-state index in [-0.39, 0.29) is 23.5 Å². The van der Waals surface area contributed by atoms with Gasteiger partial charge in [-0.3, -0.25) is 4.79 Å². The number of carbonyl (C=O) groups is 2. The van der Waals surface area contributed by atoms with Crippen molar-refractivity contribution in [3.63, 3.8) is 0 Å². The molecule has 0 radical (unpaired) electrons. The fraction of sp³-hybridized carbons (Fsp3) is 0.800. The van der Waals surface area contributed by atoms with Crippen molar-refractivity contribution >= 4 is 12.0 Å². The van der Waals surface area contributed by atoms with Crippen LogP contribution < -0.4 is 0 Å². The van der Waals surface area contributed by atoms with E-state index in [4.69, 9.17) is 9.15 Å². The van der Waals surface area contributed by atoms with Gasteiger partial charge in [0, 0.05) is 26.4 Å². The van der Waals surface area contributed by atoms with Crippen LogP contribution in [-0.2, 0) is 16.0 Å². The molecule has 2 amide bonds. The quantitative estimate of drug-likeness (QED) is 0.548. The number of nitrogens with zero attached hydrogens (tertiary/aromatic N) is 4. The number of hydrogen-bond donors (Lipinski definition) is 0. The molecular weight excluding hydrogens is 360 g/mol. The monoisotopic (exact) mass is 390 g/mol. The molecular formula is C20H30N4O4. The molecule has 2 aliphatic heterocycles. The minimum Gasteiger partial charge on any atom is -0.460 e. The highest BCUT2D eigenvalue weighted by atomic mass is 16.6. The van der Waals surface area contributed by atoms with Gasteiger partial charge >= 0.3 is 12.0 Å². The van der Waals surface area contributed by atoms with E-state index in [9.17, 15) is 9.59 Å². The summed E-state index contributed by atoms with van der Waals surface area (Å²) in [5.74, 6) is 0.948. The molecule has 8 nitrogen and oxygen atoms in total. The number of esters is 1. The first kappa shape index (κ1) is 19.2. The zero-order valence-electron chi connectivity index (χ0n) is 17.2. The molecule has 1 aromatic heterocycles. The first-order chi connectivity index (χ1) is 13.2. The molecule has 2 saturated heterocycles. The summed E-state index contributed by atoms with van der Waals surface area (Å²) < 4.78 is 11.2. The maximum atomic E-state index is 12.6. The number of ether oxygens (including phenoxy) is 1. The first-order valence-corrected chi connectivity index (χ1v) is 10.3. The molecule has 1 aliphatic carbocycles. The molecule has 0 aromatic carbocycles. The molecule has 3 heterocycles. The van der Waals surface area contributed by atoms with Crippen LogP contribution in [0.25, 0.3) is 0 Å². The van der Waals surface area contributed by atoms with Crippen LogP contribution >= 0.6 is 0 Å². The van der Waals surface area contributed by atoms with Gasteiger partial charge in [0.15, 0.2) is 0 Å². The molecule has 8 heteroatoms. The van der Waals surface area contributed by atoms with E-state index in [1.807, 2.05) is 37.6 Å². The molecule has 4 rings (SSSR count). The molecule has 154 valence electrons. The number of likely N-dealkylation sites (N-methyl/N-ethyl adjacent to an activating group) is 1. The lowest BCUT2D eigenvalue weighted by atomic mass is 9.85. The van der Waals surface area contributed by atoms with Crippen LogP contribution in [0.4, 0.5) is 4.79 Å². The Labute approximate surface area is 165 Å². The van der Waals surface area contributed by atoms with Gasteiger partial charge in [-0.15, -0.1) is 10.2 Å². The normalized spacial score (nSPS) is 25.5. The summed E-state index contributed by atoms with van der Waals surface area (Å²) in [6.45, 7) is 6.36. The van der Waals surface area contributed by atoms with Gasteiger partial charge in [-0.25, -0.2) is 4.79 Å². The number of urea groups is 1. The topological polar surface area (TPSA) is 88.8 Å². The number of hydrogen-bond acceptors (Lipinski definition) is 6. The zero-order chi connectivity index (χ0) is 20.1. The predicted molar refractivity (Wildman–Crippen MR) is 100 cm³/mol. The first-order valence-electron chi connectivity index (χ1n) is 10.3. The van der Waals surface area contributed by atoms with Crippen molar-refractivity contribution in [2.24, 2.45) is 5.41 Å². The van der Waals surface area contributed by atoms with Crippen LogP contribution in [0.3, 0.4) is 0 Å². The fourth-order valence-corrected chi connectivity index (χ4v) is 4.58. The molecule has 3 fully saturated rings. The maximum absolute atomic E-state index is 12.6. The highest BCUT2D eigenvalue weighted by molar-refractivity contribution is 5.78. The Morgan fingerprint density at radius 2 is 2.04 bits per heavy atom. The molecule has 28 heavy (non-hydrogen) atoms. The lowest BCUT2D eigenvalue weighted by molar-refractivity contribution is -0.154.